The molecule has 3 aromatic rings. The fraction of sp³-hybridized carbons (Fsp3) is 0.370. The molecule has 2 aliphatic heterocycles. The SMILES string of the molecule is COc1ccc(C2CCCN2C(=O)c2cc(-c3ccccc3)c(N3CCOCC3)s2)cc1OC. The zero-order valence-electron chi connectivity index (χ0n) is 19.7. The fourth-order valence-corrected chi connectivity index (χ4v) is 6.06. The summed E-state index contributed by atoms with van der Waals surface area (Å²) in [4.78, 5) is 19.0. The number of thiophene rings is 1. The number of morpholine rings is 1. The van der Waals surface area contributed by atoms with Gasteiger partial charge in [-0.25, -0.2) is 0 Å². The van der Waals surface area contributed by atoms with E-state index in [1.165, 1.54) is 0 Å². The number of methoxy groups -OCH3 is 2. The van der Waals surface area contributed by atoms with Crippen molar-refractivity contribution in [3.05, 3.63) is 65.0 Å². The van der Waals surface area contributed by atoms with E-state index in [1.54, 1.807) is 25.6 Å². The smallest absolute Gasteiger partial charge is 0.264 e. The van der Waals surface area contributed by atoms with Crippen LogP contribution in [-0.2, 0) is 4.74 Å². The minimum Gasteiger partial charge on any atom is -0.493 e. The number of hydrogen-bond donors (Lipinski definition) is 0. The molecule has 6 nitrogen and oxygen atoms in total. The van der Waals surface area contributed by atoms with Crippen LogP contribution in [0.2, 0.25) is 0 Å². The first-order valence-electron chi connectivity index (χ1n) is 11.7. The Kier molecular flexibility index (Phi) is 6.74. The maximum absolute atomic E-state index is 13.8. The van der Waals surface area contributed by atoms with Gasteiger partial charge in [0, 0.05) is 25.2 Å². The van der Waals surface area contributed by atoms with Crippen molar-refractivity contribution in [2.75, 3.05) is 52.0 Å². The molecule has 2 aliphatic rings. The molecule has 1 unspecified atom stereocenters. The van der Waals surface area contributed by atoms with E-state index < -0.39 is 0 Å². The number of likely N-dealkylation sites (tertiary alicyclic amines) is 1. The van der Waals surface area contributed by atoms with Gasteiger partial charge in [0.15, 0.2) is 11.5 Å². The lowest BCUT2D eigenvalue weighted by Crippen LogP contribution is -2.35. The molecule has 2 saturated heterocycles. The van der Waals surface area contributed by atoms with Crippen LogP contribution in [0.25, 0.3) is 11.1 Å². The summed E-state index contributed by atoms with van der Waals surface area (Å²) in [6.45, 7) is 3.85. The number of amides is 1. The van der Waals surface area contributed by atoms with Crippen molar-refractivity contribution in [1.82, 2.24) is 4.90 Å². The first-order chi connectivity index (χ1) is 16.7. The molecule has 7 heteroatoms. The number of benzene rings is 2. The molecule has 1 amide bonds. The molecule has 5 rings (SSSR count). The van der Waals surface area contributed by atoms with Crippen LogP contribution in [0.4, 0.5) is 5.00 Å². The van der Waals surface area contributed by atoms with Gasteiger partial charge in [-0.05, 0) is 42.2 Å². The van der Waals surface area contributed by atoms with Gasteiger partial charge < -0.3 is 24.0 Å². The highest BCUT2D eigenvalue weighted by atomic mass is 32.1. The highest BCUT2D eigenvalue weighted by molar-refractivity contribution is 7.18. The molecule has 0 spiro atoms. The number of hydrogen-bond acceptors (Lipinski definition) is 6. The number of anilines is 1. The minimum atomic E-state index is 0.0291. The Balaban J connectivity index is 1.47. The first-order valence-corrected chi connectivity index (χ1v) is 12.6. The lowest BCUT2D eigenvalue weighted by molar-refractivity contribution is 0.0740. The summed E-state index contributed by atoms with van der Waals surface area (Å²) in [7, 11) is 3.28. The Labute approximate surface area is 204 Å². The second kappa shape index (κ2) is 10.1. The van der Waals surface area contributed by atoms with Crippen LogP contribution in [0.3, 0.4) is 0 Å². The van der Waals surface area contributed by atoms with Crippen LogP contribution < -0.4 is 14.4 Å². The second-order valence-electron chi connectivity index (χ2n) is 8.57. The molecule has 0 N–H and O–H groups in total. The van der Waals surface area contributed by atoms with Gasteiger partial charge in [0.1, 0.15) is 0 Å². The summed E-state index contributed by atoms with van der Waals surface area (Å²) in [5.74, 6) is 1.48. The van der Waals surface area contributed by atoms with Gasteiger partial charge in [0.2, 0.25) is 0 Å². The Morgan fingerprint density at radius 2 is 1.74 bits per heavy atom. The topological polar surface area (TPSA) is 51.2 Å². The zero-order valence-corrected chi connectivity index (χ0v) is 20.5. The van der Waals surface area contributed by atoms with Crippen LogP contribution in [-0.4, -0.2) is 57.9 Å². The van der Waals surface area contributed by atoms with Crippen molar-refractivity contribution in [1.29, 1.82) is 0 Å². The number of carbonyl (C=O) groups excluding carboxylic acids is 1. The van der Waals surface area contributed by atoms with Crippen LogP contribution in [0.15, 0.2) is 54.6 Å². The first kappa shape index (κ1) is 22.7. The molecule has 2 aromatic carbocycles. The number of nitrogens with zero attached hydrogens (tertiary/aromatic N) is 2. The van der Waals surface area contributed by atoms with Crippen molar-refractivity contribution >= 4 is 22.2 Å². The van der Waals surface area contributed by atoms with Crippen LogP contribution >= 0.6 is 11.3 Å². The molecule has 2 fully saturated rings. The monoisotopic (exact) mass is 478 g/mol. The summed E-state index contributed by atoms with van der Waals surface area (Å²) < 4.78 is 16.5. The number of rotatable bonds is 6. The van der Waals surface area contributed by atoms with E-state index in [0.29, 0.717) is 24.7 Å². The second-order valence-corrected chi connectivity index (χ2v) is 9.60. The predicted octanol–water partition coefficient (Wildman–Crippen LogP) is 5.25. The maximum atomic E-state index is 13.8. The van der Waals surface area contributed by atoms with E-state index in [1.807, 2.05) is 41.3 Å². The Bertz CT molecular complexity index is 1140. The Morgan fingerprint density at radius 3 is 2.47 bits per heavy atom. The zero-order chi connectivity index (χ0) is 23.5. The lowest BCUT2D eigenvalue weighted by Gasteiger charge is -2.28. The average molecular weight is 479 g/mol. The molecule has 178 valence electrons. The molecule has 1 atom stereocenters. The van der Waals surface area contributed by atoms with Gasteiger partial charge >= 0.3 is 0 Å². The highest BCUT2D eigenvalue weighted by Gasteiger charge is 2.33. The molecule has 3 heterocycles. The fourth-order valence-electron chi connectivity index (χ4n) is 4.87. The van der Waals surface area contributed by atoms with Gasteiger partial charge in [-0.2, -0.15) is 0 Å². The summed E-state index contributed by atoms with van der Waals surface area (Å²) >= 11 is 1.60. The van der Waals surface area contributed by atoms with Crippen molar-refractivity contribution in [2.45, 2.75) is 18.9 Å². The largest absolute Gasteiger partial charge is 0.493 e. The minimum absolute atomic E-state index is 0.0291. The van der Waals surface area contributed by atoms with Gasteiger partial charge in [-0.1, -0.05) is 36.4 Å². The Hall–Kier alpha value is -3.03. The number of carbonyl (C=O) groups is 1. The van der Waals surface area contributed by atoms with Crippen molar-refractivity contribution in [3.63, 3.8) is 0 Å². The van der Waals surface area contributed by atoms with E-state index in [-0.39, 0.29) is 11.9 Å². The molecule has 1 aromatic heterocycles. The van der Waals surface area contributed by atoms with Crippen molar-refractivity contribution in [3.8, 4) is 22.6 Å². The van der Waals surface area contributed by atoms with E-state index in [2.05, 4.69) is 23.1 Å². The van der Waals surface area contributed by atoms with Gasteiger partial charge in [-0.15, -0.1) is 11.3 Å². The van der Waals surface area contributed by atoms with E-state index in [4.69, 9.17) is 14.2 Å². The third-order valence-corrected chi connectivity index (χ3v) is 7.80. The number of ether oxygens (including phenoxy) is 3. The molecule has 34 heavy (non-hydrogen) atoms. The third kappa shape index (κ3) is 4.38. The highest BCUT2D eigenvalue weighted by Crippen LogP contribution is 2.42. The molecule has 0 aliphatic carbocycles. The molecule has 0 saturated carbocycles. The Morgan fingerprint density at radius 1 is 0.971 bits per heavy atom. The van der Waals surface area contributed by atoms with Crippen LogP contribution in [0, 0.1) is 0 Å². The molecule has 0 radical (unpaired) electrons. The van der Waals surface area contributed by atoms with Gasteiger partial charge in [0.05, 0.1) is 43.4 Å². The normalized spacial score (nSPS) is 18.2. The summed E-state index contributed by atoms with van der Waals surface area (Å²) in [6, 6.07) is 18.4. The third-order valence-electron chi connectivity index (χ3n) is 6.61. The van der Waals surface area contributed by atoms with Gasteiger partial charge in [0.25, 0.3) is 5.91 Å². The summed E-state index contributed by atoms with van der Waals surface area (Å²) in [5.41, 5.74) is 3.34. The van der Waals surface area contributed by atoms with Crippen LogP contribution in [0.5, 0.6) is 11.5 Å². The standard InChI is InChI=1S/C27H30N2O4S/c1-31-23-11-10-20(17-24(23)32-2)22-9-6-12-29(22)26(30)25-18-21(19-7-4-3-5-8-19)27(34-25)28-13-15-33-16-14-28/h3-5,7-8,10-11,17-18,22H,6,9,12-16H2,1-2H3. The van der Waals surface area contributed by atoms with E-state index >= 15 is 0 Å². The van der Waals surface area contributed by atoms with Crippen molar-refractivity contribution < 1.29 is 19.0 Å². The molecular formula is C27H30N2O4S. The quantitative estimate of drug-likeness (QED) is 0.485. The van der Waals surface area contributed by atoms with Crippen LogP contribution in [0.1, 0.15) is 34.1 Å². The van der Waals surface area contributed by atoms with Crippen molar-refractivity contribution in [2.24, 2.45) is 0 Å². The van der Waals surface area contributed by atoms with E-state index in [9.17, 15) is 4.79 Å². The van der Waals surface area contributed by atoms with Gasteiger partial charge in [-0.3, -0.25) is 4.79 Å². The predicted molar refractivity (Wildman–Crippen MR) is 135 cm³/mol. The summed E-state index contributed by atoms with van der Waals surface area (Å²) in [5, 5.41) is 1.15. The van der Waals surface area contributed by atoms with E-state index in [0.717, 1.165) is 59.0 Å². The maximum Gasteiger partial charge on any atom is 0.264 e. The average Bonchev–Trinajstić information content (AvgIpc) is 3.57. The summed E-state index contributed by atoms with van der Waals surface area (Å²) in [6.07, 6.45) is 1.92. The molecule has 0 bridgehead atoms. The lowest BCUT2D eigenvalue weighted by atomic mass is 10.0. The molecular weight excluding hydrogens is 448 g/mol.